The Morgan fingerprint density at radius 1 is 0.667 bits per heavy atom. The number of hydrogen-bond acceptors (Lipinski definition) is 4. The van der Waals surface area contributed by atoms with Gasteiger partial charge in [0.05, 0.1) is 28.4 Å². The van der Waals surface area contributed by atoms with Crippen LogP contribution in [0.1, 0.15) is 0 Å². The monoisotopic (exact) mass is 401 g/mol. The lowest BCUT2D eigenvalue weighted by molar-refractivity contribution is -0.598. The summed E-state index contributed by atoms with van der Waals surface area (Å²) in [5, 5.41) is 0. The van der Waals surface area contributed by atoms with Gasteiger partial charge in [0, 0.05) is 12.1 Å². The number of hydrogen-bond donors (Lipinski definition) is 0. The zero-order chi connectivity index (χ0) is 15.2. The number of halogens is 1. The molecule has 0 fully saturated rings. The van der Waals surface area contributed by atoms with Crippen LogP contribution >= 0.6 is 0 Å². The number of benzene rings is 2. The molecule has 21 heavy (non-hydrogen) atoms. The Labute approximate surface area is 135 Å². The molecule has 0 aromatic heterocycles. The fourth-order valence-electron chi connectivity index (χ4n) is 1.80. The van der Waals surface area contributed by atoms with Gasteiger partial charge in [0.15, 0.2) is 15.1 Å². The van der Waals surface area contributed by atoms with Crippen molar-refractivity contribution in [1.29, 1.82) is 0 Å². The normalized spacial score (nSPS) is 10.1. The molecule has 0 spiro atoms. The summed E-state index contributed by atoms with van der Waals surface area (Å²) in [6, 6.07) is 11.9. The molecule has 0 radical (unpaired) electrons. The average molecular weight is 401 g/mol. The van der Waals surface area contributed by atoms with Crippen molar-refractivity contribution in [2.75, 3.05) is 28.4 Å². The molecule has 4 nitrogen and oxygen atoms in total. The highest BCUT2D eigenvalue weighted by atomic mass is 127. The van der Waals surface area contributed by atoms with Gasteiger partial charge >= 0.3 is 21.2 Å². The van der Waals surface area contributed by atoms with Gasteiger partial charge in [0.1, 0.15) is 11.5 Å². The average Bonchev–Trinajstić information content (AvgIpc) is 2.55. The molecule has 0 aliphatic carbocycles. The zero-order valence-corrected chi connectivity index (χ0v) is 14.6. The lowest BCUT2D eigenvalue weighted by Crippen LogP contribution is -3.61. The first kappa shape index (κ1) is 15.8. The third-order valence-electron chi connectivity index (χ3n) is 2.91. The third kappa shape index (κ3) is 3.72. The van der Waals surface area contributed by atoms with Crippen LogP contribution < -0.4 is 40.2 Å². The van der Waals surface area contributed by atoms with Crippen LogP contribution in [0.5, 0.6) is 23.0 Å². The molecule has 0 bridgehead atoms. The first-order chi connectivity index (χ1) is 10.2. The summed E-state index contributed by atoms with van der Waals surface area (Å²) in [7, 11) is 6.62. The van der Waals surface area contributed by atoms with E-state index in [0.717, 1.165) is 26.6 Å². The lowest BCUT2D eigenvalue weighted by Gasteiger charge is -2.08. The van der Waals surface area contributed by atoms with Crippen molar-refractivity contribution < 1.29 is 40.2 Å². The van der Waals surface area contributed by atoms with Gasteiger partial charge in [-0.1, -0.05) is 0 Å². The van der Waals surface area contributed by atoms with Gasteiger partial charge in [-0.2, -0.15) is 0 Å². The molecule has 0 atom stereocenters. The van der Waals surface area contributed by atoms with Crippen molar-refractivity contribution in [3.8, 4) is 23.0 Å². The largest absolute Gasteiger partial charge is 0.497 e. The van der Waals surface area contributed by atoms with Crippen LogP contribution in [-0.4, -0.2) is 28.4 Å². The molecule has 0 aliphatic rings. The van der Waals surface area contributed by atoms with Crippen LogP contribution in [0.3, 0.4) is 0 Å². The molecule has 112 valence electrons. The number of ether oxygens (including phenoxy) is 4. The molecule has 2 aromatic rings. The third-order valence-corrected chi connectivity index (χ3v) is 5.85. The second-order valence-corrected chi connectivity index (χ2v) is 6.96. The fraction of sp³-hybridized carbons (Fsp3) is 0.250. The smallest absolute Gasteiger partial charge is 0.366 e. The van der Waals surface area contributed by atoms with Crippen molar-refractivity contribution in [2.24, 2.45) is 0 Å². The Morgan fingerprint density at radius 2 is 1.19 bits per heavy atom. The van der Waals surface area contributed by atoms with E-state index in [0.29, 0.717) is 0 Å². The van der Waals surface area contributed by atoms with Crippen LogP contribution in [0, 0.1) is 7.14 Å². The van der Waals surface area contributed by atoms with Gasteiger partial charge in [0.25, 0.3) is 3.57 Å². The van der Waals surface area contributed by atoms with E-state index in [1.807, 2.05) is 24.3 Å². The van der Waals surface area contributed by atoms with Gasteiger partial charge in [-0.15, -0.1) is 0 Å². The van der Waals surface area contributed by atoms with E-state index in [1.54, 1.807) is 28.4 Å². The molecule has 0 aliphatic heterocycles. The second kappa shape index (κ2) is 7.40. The van der Waals surface area contributed by atoms with Gasteiger partial charge in [-0.25, -0.2) is 0 Å². The highest BCUT2D eigenvalue weighted by molar-refractivity contribution is 5.41. The summed E-state index contributed by atoms with van der Waals surface area (Å²) in [5.74, 6) is 3.19. The standard InChI is InChI=1S/C16H18IO4/c1-18-12-7-5-11(6-8-12)17-16-14(20-3)9-13(19-2)10-15(16)21-4/h5-10H,1-4H3/q+1. The maximum atomic E-state index is 5.49. The molecule has 0 N–H and O–H groups in total. The summed E-state index contributed by atoms with van der Waals surface area (Å²) in [5.41, 5.74) is 0. The molecule has 0 amide bonds. The molecular weight excluding hydrogens is 383 g/mol. The van der Waals surface area contributed by atoms with Gasteiger partial charge in [-0.3, -0.25) is 0 Å². The van der Waals surface area contributed by atoms with Crippen LogP contribution in [0.2, 0.25) is 0 Å². The van der Waals surface area contributed by atoms with Gasteiger partial charge < -0.3 is 18.9 Å². The Bertz CT molecular complexity index is 571. The minimum absolute atomic E-state index is 0.425. The Hall–Kier alpha value is -1.63. The molecule has 2 aromatic carbocycles. The van der Waals surface area contributed by atoms with E-state index in [1.165, 1.54) is 3.57 Å². The minimum Gasteiger partial charge on any atom is -0.497 e. The highest BCUT2D eigenvalue weighted by Gasteiger charge is 2.27. The van der Waals surface area contributed by atoms with E-state index in [9.17, 15) is 0 Å². The quantitative estimate of drug-likeness (QED) is 0.632. The molecule has 0 saturated heterocycles. The molecule has 0 saturated carbocycles. The fourth-order valence-corrected chi connectivity index (χ4v) is 4.42. The SMILES string of the molecule is COc1ccc([I+]c2c(OC)cc(OC)cc2OC)cc1. The van der Waals surface area contributed by atoms with Crippen LogP contribution in [0.15, 0.2) is 36.4 Å². The van der Waals surface area contributed by atoms with Crippen molar-refractivity contribution >= 4 is 0 Å². The second-order valence-electron chi connectivity index (χ2n) is 4.10. The van der Waals surface area contributed by atoms with E-state index < -0.39 is 21.2 Å². The molecule has 5 heteroatoms. The van der Waals surface area contributed by atoms with Crippen LogP contribution in [0.25, 0.3) is 0 Å². The van der Waals surface area contributed by atoms with Crippen molar-refractivity contribution in [2.45, 2.75) is 0 Å². The summed E-state index contributed by atoms with van der Waals surface area (Å²) >= 11 is -0.425. The summed E-state index contributed by atoms with van der Waals surface area (Å²) in [4.78, 5) is 0. The lowest BCUT2D eigenvalue weighted by atomic mass is 10.3. The summed E-state index contributed by atoms with van der Waals surface area (Å²) in [6.07, 6.45) is 0. The highest BCUT2D eigenvalue weighted by Crippen LogP contribution is 2.27. The first-order valence-electron chi connectivity index (χ1n) is 6.30. The predicted molar refractivity (Wildman–Crippen MR) is 76.5 cm³/mol. The number of methoxy groups -OCH3 is 4. The van der Waals surface area contributed by atoms with E-state index in [4.69, 9.17) is 18.9 Å². The topological polar surface area (TPSA) is 36.9 Å². The molecule has 0 heterocycles. The Morgan fingerprint density at radius 3 is 1.62 bits per heavy atom. The predicted octanol–water partition coefficient (Wildman–Crippen LogP) is -0.151. The van der Waals surface area contributed by atoms with Crippen molar-refractivity contribution in [1.82, 2.24) is 0 Å². The Kier molecular flexibility index (Phi) is 5.55. The zero-order valence-electron chi connectivity index (χ0n) is 12.5. The number of rotatable bonds is 6. The molecular formula is C16H18IO4+. The van der Waals surface area contributed by atoms with Gasteiger partial charge in [-0.05, 0) is 24.3 Å². The molecule has 2 rings (SSSR count). The minimum atomic E-state index is -0.425. The van der Waals surface area contributed by atoms with Gasteiger partial charge in [0.2, 0.25) is 0 Å². The summed E-state index contributed by atoms with van der Waals surface area (Å²) < 4.78 is 23.8. The van der Waals surface area contributed by atoms with E-state index in [-0.39, 0.29) is 0 Å². The van der Waals surface area contributed by atoms with E-state index >= 15 is 0 Å². The first-order valence-corrected chi connectivity index (χ1v) is 8.46. The van der Waals surface area contributed by atoms with Crippen LogP contribution in [0.4, 0.5) is 0 Å². The van der Waals surface area contributed by atoms with Crippen molar-refractivity contribution in [3.63, 3.8) is 0 Å². The molecule has 0 unspecified atom stereocenters. The Balaban J connectivity index is 2.36. The van der Waals surface area contributed by atoms with E-state index in [2.05, 4.69) is 12.1 Å². The van der Waals surface area contributed by atoms with Crippen LogP contribution in [-0.2, 0) is 0 Å². The maximum absolute atomic E-state index is 5.49. The maximum Gasteiger partial charge on any atom is 0.366 e. The van der Waals surface area contributed by atoms with Crippen molar-refractivity contribution in [3.05, 3.63) is 43.5 Å². The summed E-state index contributed by atoms with van der Waals surface area (Å²) in [6.45, 7) is 0.